The fourth-order valence-corrected chi connectivity index (χ4v) is 2.94. The molecule has 7 heteroatoms. The Hall–Kier alpha value is -2.85. The van der Waals surface area contributed by atoms with Crippen LogP contribution in [0.1, 0.15) is 40.4 Å². The topological polar surface area (TPSA) is 92.3 Å². The lowest BCUT2D eigenvalue weighted by Crippen LogP contribution is -2.11. The number of amides is 1. The number of thiophene rings is 1. The number of hydrogen-bond donors (Lipinski definition) is 1. The number of carbonyl (C=O) groups is 2. The summed E-state index contributed by atoms with van der Waals surface area (Å²) in [6.45, 7) is 5.14. The first-order valence-corrected chi connectivity index (χ1v) is 8.01. The monoisotopic (exact) mass is 344 g/mol. The van der Waals surface area contributed by atoms with E-state index in [2.05, 4.69) is 5.32 Å². The first kappa shape index (κ1) is 17.5. The third-order valence-electron chi connectivity index (χ3n) is 2.97. The average molecular weight is 344 g/mol. The van der Waals surface area contributed by atoms with Crippen molar-refractivity contribution in [3.8, 4) is 6.07 Å². The number of nitriles is 1. The van der Waals surface area contributed by atoms with Gasteiger partial charge in [0.2, 0.25) is 5.91 Å². The molecule has 0 saturated heterocycles. The summed E-state index contributed by atoms with van der Waals surface area (Å²) in [6, 6.07) is 5.43. The van der Waals surface area contributed by atoms with Gasteiger partial charge in [-0.05, 0) is 44.5 Å². The number of carbonyl (C=O) groups excluding carboxylic acids is 2. The minimum atomic E-state index is -0.504. The molecule has 0 fully saturated rings. The fraction of sp³-hybridized carbons (Fsp3) is 0.235. The summed E-state index contributed by atoms with van der Waals surface area (Å²) in [6.07, 6.45) is 4.04. The normalized spacial score (nSPS) is 10.8. The predicted molar refractivity (Wildman–Crippen MR) is 90.7 cm³/mol. The van der Waals surface area contributed by atoms with Crippen molar-refractivity contribution in [2.75, 3.05) is 5.32 Å². The highest BCUT2D eigenvalue weighted by atomic mass is 32.1. The van der Waals surface area contributed by atoms with Crippen LogP contribution in [-0.4, -0.2) is 18.0 Å². The van der Waals surface area contributed by atoms with Crippen molar-refractivity contribution in [2.45, 2.75) is 26.9 Å². The molecule has 0 spiro atoms. The summed E-state index contributed by atoms with van der Waals surface area (Å²) in [7, 11) is 0. The molecule has 1 amide bonds. The highest BCUT2D eigenvalue weighted by molar-refractivity contribution is 7.18. The van der Waals surface area contributed by atoms with Crippen LogP contribution < -0.4 is 5.32 Å². The number of ether oxygens (including phenoxy) is 1. The largest absolute Gasteiger partial charge is 0.465 e. The van der Waals surface area contributed by atoms with E-state index in [1.807, 2.05) is 6.07 Å². The van der Waals surface area contributed by atoms with Crippen LogP contribution >= 0.6 is 11.3 Å². The second-order valence-electron chi connectivity index (χ2n) is 5.16. The summed E-state index contributed by atoms with van der Waals surface area (Å²) in [5.74, 6) is -0.391. The Kier molecular flexibility index (Phi) is 5.55. The Balaban J connectivity index is 2.19. The number of nitrogens with zero attached hydrogens (tertiary/aromatic N) is 1. The molecule has 0 radical (unpaired) electrons. The van der Waals surface area contributed by atoms with Gasteiger partial charge >= 0.3 is 5.97 Å². The van der Waals surface area contributed by atoms with Gasteiger partial charge in [0.05, 0.1) is 17.9 Å². The van der Waals surface area contributed by atoms with E-state index in [4.69, 9.17) is 9.15 Å². The van der Waals surface area contributed by atoms with Crippen LogP contribution in [0.2, 0.25) is 0 Å². The highest BCUT2D eigenvalue weighted by Crippen LogP contribution is 2.33. The molecule has 2 heterocycles. The minimum Gasteiger partial charge on any atom is -0.465 e. The smallest absolute Gasteiger partial charge is 0.348 e. The second kappa shape index (κ2) is 7.62. The van der Waals surface area contributed by atoms with Gasteiger partial charge in [0, 0.05) is 6.08 Å². The molecule has 6 nitrogen and oxygen atoms in total. The van der Waals surface area contributed by atoms with Gasteiger partial charge in [0.1, 0.15) is 21.7 Å². The van der Waals surface area contributed by atoms with E-state index in [1.165, 1.54) is 18.4 Å². The molecule has 2 aromatic rings. The second-order valence-corrected chi connectivity index (χ2v) is 6.18. The van der Waals surface area contributed by atoms with Crippen LogP contribution in [0, 0.1) is 18.3 Å². The maximum absolute atomic E-state index is 12.1. The SMILES string of the molecule is Cc1c(C(=O)OC(C)C)sc(NC(=O)C=Cc2ccco2)c1C#N. The van der Waals surface area contributed by atoms with Crippen molar-refractivity contribution in [2.24, 2.45) is 0 Å². The van der Waals surface area contributed by atoms with Crippen molar-refractivity contribution in [3.63, 3.8) is 0 Å². The first-order chi connectivity index (χ1) is 11.4. The van der Waals surface area contributed by atoms with Crippen LogP contribution in [0.4, 0.5) is 5.00 Å². The molecule has 124 valence electrons. The van der Waals surface area contributed by atoms with Crippen LogP contribution in [-0.2, 0) is 9.53 Å². The van der Waals surface area contributed by atoms with E-state index in [0.29, 0.717) is 21.2 Å². The molecular formula is C17H16N2O4S. The molecule has 2 rings (SSSR count). The van der Waals surface area contributed by atoms with Gasteiger partial charge in [-0.15, -0.1) is 11.3 Å². The van der Waals surface area contributed by atoms with Crippen molar-refractivity contribution in [3.05, 3.63) is 46.2 Å². The first-order valence-electron chi connectivity index (χ1n) is 7.19. The standard InChI is InChI=1S/C17H16N2O4S/c1-10(2)23-17(21)15-11(3)13(9-18)16(24-15)19-14(20)7-6-12-5-4-8-22-12/h4-8,10H,1-3H3,(H,19,20). The van der Waals surface area contributed by atoms with Crippen LogP contribution in [0.3, 0.4) is 0 Å². The summed E-state index contributed by atoms with van der Waals surface area (Å²) in [5.41, 5.74) is 0.758. The Morgan fingerprint density at radius 3 is 2.79 bits per heavy atom. The zero-order valence-electron chi connectivity index (χ0n) is 13.5. The summed E-state index contributed by atoms with van der Waals surface area (Å²) >= 11 is 1.03. The maximum Gasteiger partial charge on any atom is 0.348 e. The fourth-order valence-electron chi connectivity index (χ4n) is 1.90. The van der Waals surface area contributed by atoms with Crippen molar-refractivity contribution < 1.29 is 18.7 Å². The summed E-state index contributed by atoms with van der Waals surface area (Å²) < 4.78 is 10.2. The van der Waals surface area contributed by atoms with Crippen molar-refractivity contribution >= 4 is 34.3 Å². The molecule has 0 aliphatic rings. The minimum absolute atomic E-state index is 0.260. The van der Waals surface area contributed by atoms with Gasteiger partial charge in [-0.25, -0.2) is 4.79 Å². The van der Waals surface area contributed by atoms with Crippen molar-refractivity contribution in [1.29, 1.82) is 5.26 Å². The Labute approximate surface area is 143 Å². The number of nitrogens with one attached hydrogen (secondary N) is 1. The average Bonchev–Trinajstić information content (AvgIpc) is 3.12. The zero-order chi connectivity index (χ0) is 17.7. The van der Waals surface area contributed by atoms with Crippen LogP contribution in [0.15, 0.2) is 28.9 Å². The van der Waals surface area contributed by atoms with E-state index in [9.17, 15) is 14.9 Å². The molecule has 0 saturated carbocycles. The molecule has 0 aliphatic heterocycles. The quantitative estimate of drug-likeness (QED) is 0.659. The molecule has 2 aromatic heterocycles. The number of rotatable bonds is 5. The van der Waals surface area contributed by atoms with Gasteiger partial charge in [0.25, 0.3) is 0 Å². The Morgan fingerprint density at radius 1 is 1.46 bits per heavy atom. The Bertz CT molecular complexity index is 811. The molecule has 0 bridgehead atoms. The zero-order valence-corrected chi connectivity index (χ0v) is 14.3. The molecule has 0 aliphatic carbocycles. The predicted octanol–water partition coefficient (Wildman–Crippen LogP) is 3.74. The summed E-state index contributed by atoms with van der Waals surface area (Å²) in [4.78, 5) is 24.4. The molecule has 0 unspecified atom stereocenters. The lowest BCUT2D eigenvalue weighted by molar-refractivity contribution is -0.111. The van der Waals surface area contributed by atoms with E-state index in [1.54, 1.807) is 32.9 Å². The van der Waals surface area contributed by atoms with E-state index in [-0.39, 0.29) is 11.7 Å². The molecule has 24 heavy (non-hydrogen) atoms. The molecule has 0 aromatic carbocycles. The van der Waals surface area contributed by atoms with Crippen LogP contribution in [0.5, 0.6) is 0 Å². The van der Waals surface area contributed by atoms with Gasteiger partial charge in [-0.3, -0.25) is 4.79 Å². The highest BCUT2D eigenvalue weighted by Gasteiger charge is 2.22. The molecular weight excluding hydrogens is 328 g/mol. The van der Waals surface area contributed by atoms with E-state index >= 15 is 0 Å². The number of esters is 1. The summed E-state index contributed by atoms with van der Waals surface area (Å²) in [5, 5.41) is 12.2. The molecule has 0 atom stereocenters. The van der Waals surface area contributed by atoms with Gasteiger partial charge < -0.3 is 14.5 Å². The lowest BCUT2D eigenvalue weighted by Gasteiger charge is -2.06. The number of hydrogen-bond acceptors (Lipinski definition) is 6. The van der Waals surface area contributed by atoms with Crippen molar-refractivity contribution in [1.82, 2.24) is 0 Å². The third-order valence-corrected chi connectivity index (χ3v) is 4.15. The van der Waals surface area contributed by atoms with Crippen LogP contribution in [0.25, 0.3) is 6.08 Å². The van der Waals surface area contributed by atoms with Gasteiger partial charge in [-0.2, -0.15) is 5.26 Å². The van der Waals surface area contributed by atoms with Gasteiger partial charge in [0.15, 0.2) is 0 Å². The molecule has 1 N–H and O–H groups in total. The number of furan rings is 1. The van der Waals surface area contributed by atoms with Gasteiger partial charge in [-0.1, -0.05) is 0 Å². The third kappa shape index (κ3) is 4.12. The number of anilines is 1. The Morgan fingerprint density at radius 2 is 2.21 bits per heavy atom. The van der Waals surface area contributed by atoms with E-state index < -0.39 is 11.9 Å². The van der Waals surface area contributed by atoms with E-state index in [0.717, 1.165) is 11.3 Å². The maximum atomic E-state index is 12.1. The lowest BCUT2D eigenvalue weighted by atomic mass is 10.2.